The summed E-state index contributed by atoms with van der Waals surface area (Å²) < 4.78 is 0. The molecule has 0 aromatic carbocycles. The normalized spacial score (nSPS) is 28.2. The zero-order chi connectivity index (χ0) is 12.7. The molecule has 1 saturated heterocycles. The van der Waals surface area contributed by atoms with Crippen molar-refractivity contribution in [2.75, 3.05) is 19.3 Å². The van der Waals surface area contributed by atoms with Gasteiger partial charge in [-0.3, -0.25) is 5.10 Å². The van der Waals surface area contributed by atoms with Crippen molar-refractivity contribution in [3.8, 4) is 0 Å². The van der Waals surface area contributed by atoms with E-state index in [9.17, 15) is 0 Å². The molecule has 0 amide bonds. The van der Waals surface area contributed by atoms with E-state index in [1.165, 1.54) is 48.6 Å². The van der Waals surface area contributed by atoms with Crippen molar-refractivity contribution in [1.29, 1.82) is 0 Å². The summed E-state index contributed by atoms with van der Waals surface area (Å²) in [6.45, 7) is 7.19. The first-order valence-corrected chi connectivity index (χ1v) is 8.25. The molecule has 0 radical (unpaired) electrons. The second-order valence-electron chi connectivity index (χ2n) is 6.00. The summed E-state index contributed by atoms with van der Waals surface area (Å²) in [5.74, 6) is 1.72. The van der Waals surface area contributed by atoms with Gasteiger partial charge in [0.05, 0.1) is 0 Å². The molecule has 2 heterocycles. The number of fused-ring (bicyclic) bond motifs is 2. The number of hydrogen-bond donors (Lipinski definition) is 1. The van der Waals surface area contributed by atoms with Crippen LogP contribution in [-0.2, 0) is 12.8 Å². The Bertz CT molecular complexity index is 427. The molecular weight excluding hydrogens is 242 g/mol. The predicted molar refractivity (Wildman–Crippen MR) is 76.1 cm³/mol. The smallest absolute Gasteiger partial charge is 0.121 e. The second kappa shape index (κ2) is 4.89. The molecule has 3 rings (SSSR count). The lowest BCUT2D eigenvalue weighted by atomic mass is 9.74. The van der Waals surface area contributed by atoms with Crippen LogP contribution >= 0.6 is 11.8 Å². The Kier molecular flexibility index (Phi) is 3.41. The molecule has 2 atom stereocenters. The first-order valence-electron chi connectivity index (χ1n) is 7.03. The third-order valence-corrected chi connectivity index (χ3v) is 5.42. The lowest BCUT2D eigenvalue weighted by Gasteiger charge is -2.42. The minimum atomic E-state index is 0.691. The van der Waals surface area contributed by atoms with E-state index >= 15 is 0 Å². The quantitative estimate of drug-likeness (QED) is 0.834. The highest BCUT2D eigenvalue weighted by Gasteiger charge is 2.36. The highest BCUT2D eigenvalue weighted by atomic mass is 32.2. The summed E-state index contributed by atoms with van der Waals surface area (Å²) in [6, 6.07) is 0.691. The van der Waals surface area contributed by atoms with Crippen molar-refractivity contribution in [3.63, 3.8) is 0 Å². The molecule has 1 aromatic heterocycles. The first-order chi connectivity index (χ1) is 8.69. The van der Waals surface area contributed by atoms with Gasteiger partial charge in [-0.25, -0.2) is 0 Å². The molecule has 0 spiro atoms. The van der Waals surface area contributed by atoms with Gasteiger partial charge in [0.15, 0.2) is 0 Å². The highest BCUT2D eigenvalue weighted by Crippen LogP contribution is 2.38. The van der Waals surface area contributed by atoms with Crippen LogP contribution in [-0.4, -0.2) is 40.5 Å². The number of thioether (sulfide) groups is 1. The standard InChI is InChI=1S/C14H23N3S/c1-9(2)17-5-4-10-7-13-12(6-11(10)8-17)14(18-3)16-15-13/h9-11H,4-8H2,1-3H3,(H,15,16). The van der Waals surface area contributed by atoms with Crippen molar-refractivity contribution < 1.29 is 0 Å². The number of rotatable bonds is 2. The van der Waals surface area contributed by atoms with Crippen LogP contribution in [0, 0.1) is 11.8 Å². The maximum absolute atomic E-state index is 4.45. The van der Waals surface area contributed by atoms with Crippen LogP contribution in [0.2, 0.25) is 0 Å². The van der Waals surface area contributed by atoms with Gasteiger partial charge < -0.3 is 4.90 Å². The van der Waals surface area contributed by atoms with Crippen LogP contribution in [0.5, 0.6) is 0 Å². The molecule has 3 nitrogen and oxygen atoms in total. The molecule has 100 valence electrons. The first kappa shape index (κ1) is 12.5. The lowest BCUT2D eigenvalue weighted by molar-refractivity contribution is 0.0868. The van der Waals surface area contributed by atoms with Gasteiger partial charge in [0.2, 0.25) is 0 Å². The summed E-state index contributed by atoms with van der Waals surface area (Å²) in [5, 5.41) is 8.94. The van der Waals surface area contributed by atoms with Crippen molar-refractivity contribution in [3.05, 3.63) is 11.3 Å². The van der Waals surface area contributed by atoms with E-state index in [1.54, 1.807) is 11.8 Å². The average molecular weight is 265 g/mol. The Labute approximate surface area is 114 Å². The fourth-order valence-corrected chi connectivity index (χ4v) is 4.12. The summed E-state index contributed by atoms with van der Waals surface area (Å²) >= 11 is 1.78. The topological polar surface area (TPSA) is 31.9 Å². The number of likely N-dealkylation sites (tertiary alicyclic amines) is 1. The maximum atomic E-state index is 4.45. The van der Waals surface area contributed by atoms with Gasteiger partial charge in [-0.15, -0.1) is 11.8 Å². The van der Waals surface area contributed by atoms with E-state index < -0.39 is 0 Å². The van der Waals surface area contributed by atoms with Crippen molar-refractivity contribution in [1.82, 2.24) is 15.1 Å². The van der Waals surface area contributed by atoms with Gasteiger partial charge in [-0.1, -0.05) is 0 Å². The zero-order valence-corrected chi connectivity index (χ0v) is 12.4. The molecule has 18 heavy (non-hydrogen) atoms. The van der Waals surface area contributed by atoms with Gasteiger partial charge in [0.25, 0.3) is 0 Å². The Hall–Kier alpha value is -0.480. The number of nitrogens with zero attached hydrogens (tertiary/aromatic N) is 2. The van der Waals surface area contributed by atoms with Crippen LogP contribution < -0.4 is 0 Å². The maximum Gasteiger partial charge on any atom is 0.121 e. The van der Waals surface area contributed by atoms with Crippen LogP contribution in [0.15, 0.2) is 5.03 Å². The Morgan fingerprint density at radius 2 is 2.17 bits per heavy atom. The molecule has 1 fully saturated rings. The molecule has 1 aromatic rings. The Balaban J connectivity index is 1.80. The lowest BCUT2D eigenvalue weighted by Crippen LogP contribution is -2.46. The van der Waals surface area contributed by atoms with Gasteiger partial charge in [0, 0.05) is 23.8 Å². The van der Waals surface area contributed by atoms with E-state index in [0.717, 1.165) is 11.8 Å². The summed E-state index contributed by atoms with van der Waals surface area (Å²) in [7, 11) is 0. The zero-order valence-electron chi connectivity index (χ0n) is 11.6. The minimum absolute atomic E-state index is 0.691. The number of aromatic nitrogens is 2. The average Bonchev–Trinajstić information content (AvgIpc) is 2.77. The molecule has 2 aliphatic rings. The van der Waals surface area contributed by atoms with Gasteiger partial charge in [0.1, 0.15) is 5.03 Å². The van der Waals surface area contributed by atoms with Crippen molar-refractivity contribution >= 4 is 11.8 Å². The molecule has 1 aliphatic carbocycles. The van der Waals surface area contributed by atoms with E-state index in [1.807, 2.05) is 0 Å². The van der Waals surface area contributed by atoms with E-state index in [2.05, 4.69) is 35.2 Å². The summed E-state index contributed by atoms with van der Waals surface area (Å²) in [4.78, 5) is 2.64. The molecule has 1 N–H and O–H groups in total. The number of H-pyrrole nitrogens is 1. The molecule has 2 unspecified atom stereocenters. The molecule has 0 saturated carbocycles. The molecular formula is C14H23N3S. The van der Waals surface area contributed by atoms with Crippen molar-refractivity contribution in [2.24, 2.45) is 11.8 Å². The number of nitrogens with one attached hydrogen (secondary N) is 1. The van der Waals surface area contributed by atoms with E-state index in [0.29, 0.717) is 6.04 Å². The van der Waals surface area contributed by atoms with Gasteiger partial charge in [-0.05, 0) is 57.7 Å². The highest BCUT2D eigenvalue weighted by molar-refractivity contribution is 7.98. The van der Waals surface area contributed by atoms with Gasteiger partial charge in [-0.2, -0.15) is 5.10 Å². The molecule has 0 bridgehead atoms. The van der Waals surface area contributed by atoms with Crippen LogP contribution in [0.4, 0.5) is 0 Å². The largest absolute Gasteiger partial charge is 0.301 e. The third-order valence-electron chi connectivity index (χ3n) is 4.69. The van der Waals surface area contributed by atoms with Crippen LogP contribution in [0.1, 0.15) is 31.5 Å². The van der Waals surface area contributed by atoms with Crippen LogP contribution in [0.3, 0.4) is 0 Å². The molecule has 4 heteroatoms. The number of aromatic amines is 1. The van der Waals surface area contributed by atoms with Crippen molar-refractivity contribution in [2.45, 2.75) is 44.2 Å². The fraction of sp³-hybridized carbons (Fsp3) is 0.786. The summed E-state index contributed by atoms with van der Waals surface area (Å²) in [5.41, 5.74) is 2.92. The predicted octanol–water partition coefficient (Wildman–Crippen LogP) is 2.58. The SMILES string of the molecule is CSc1n[nH]c2c1CC1CN(C(C)C)CCC1C2. The van der Waals surface area contributed by atoms with Crippen LogP contribution in [0.25, 0.3) is 0 Å². The van der Waals surface area contributed by atoms with Gasteiger partial charge >= 0.3 is 0 Å². The molecule has 1 aliphatic heterocycles. The fourth-order valence-electron chi connectivity index (χ4n) is 3.53. The Morgan fingerprint density at radius 3 is 2.89 bits per heavy atom. The Morgan fingerprint density at radius 1 is 1.33 bits per heavy atom. The summed E-state index contributed by atoms with van der Waals surface area (Å²) in [6.07, 6.45) is 5.94. The second-order valence-corrected chi connectivity index (χ2v) is 6.79. The monoisotopic (exact) mass is 265 g/mol. The third kappa shape index (κ3) is 2.10. The minimum Gasteiger partial charge on any atom is -0.301 e. The van der Waals surface area contributed by atoms with E-state index in [4.69, 9.17) is 0 Å². The number of hydrogen-bond acceptors (Lipinski definition) is 3. The number of piperidine rings is 1. The van der Waals surface area contributed by atoms with E-state index in [-0.39, 0.29) is 0 Å².